The molecule has 0 aromatic heterocycles. The van der Waals surface area contributed by atoms with E-state index in [2.05, 4.69) is 5.32 Å². The molecule has 0 aromatic rings. The van der Waals surface area contributed by atoms with Gasteiger partial charge in [-0.15, -0.1) is 0 Å². The molecule has 1 saturated carbocycles. The van der Waals surface area contributed by atoms with Gasteiger partial charge in [0.05, 0.1) is 0 Å². The highest BCUT2D eigenvalue weighted by molar-refractivity contribution is 4.74. The lowest BCUT2D eigenvalue weighted by atomic mass is 9.79. The molecule has 0 radical (unpaired) electrons. The minimum Gasteiger partial charge on any atom is -0.396 e. The van der Waals surface area contributed by atoms with Crippen LogP contribution in [0.2, 0.25) is 0 Å². The van der Waals surface area contributed by atoms with E-state index in [-0.39, 0.29) is 0 Å². The van der Waals surface area contributed by atoms with E-state index in [4.69, 9.17) is 0 Å². The molecule has 78 valence electrons. The average molecular weight is 185 g/mol. The van der Waals surface area contributed by atoms with Crippen LogP contribution in [0.3, 0.4) is 0 Å². The molecule has 0 aromatic carbocycles. The molecule has 1 atom stereocenters. The van der Waals surface area contributed by atoms with Gasteiger partial charge in [-0.2, -0.15) is 0 Å². The van der Waals surface area contributed by atoms with Crippen LogP contribution in [0, 0.1) is 11.8 Å². The quantitative estimate of drug-likeness (QED) is 0.684. The molecule has 1 aliphatic rings. The Morgan fingerprint density at radius 1 is 1.31 bits per heavy atom. The fraction of sp³-hybridized carbons (Fsp3) is 1.00. The number of hydrogen-bond acceptors (Lipinski definition) is 2. The van der Waals surface area contributed by atoms with Crippen molar-refractivity contribution in [3.63, 3.8) is 0 Å². The molecule has 0 spiro atoms. The Hall–Kier alpha value is -0.0800. The first-order valence-corrected chi connectivity index (χ1v) is 5.64. The molecule has 0 aliphatic heterocycles. The van der Waals surface area contributed by atoms with Gasteiger partial charge in [0.25, 0.3) is 0 Å². The minimum absolute atomic E-state index is 0.381. The maximum Gasteiger partial charge on any atom is 0.0462 e. The molecule has 1 unspecified atom stereocenters. The molecule has 13 heavy (non-hydrogen) atoms. The summed E-state index contributed by atoms with van der Waals surface area (Å²) in [5, 5.41) is 12.4. The predicted molar refractivity (Wildman–Crippen MR) is 55.7 cm³/mol. The molecule has 2 nitrogen and oxygen atoms in total. The molecular weight excluding hydrogens is 162 g/mol. The molecule has 1 rings (SSSR count). The van der Waals surface area contributed by atoms with E-state index in [0.717, 1.165) is 18.9 Å². The number of nitrogens with one attached hydrogen (secondary N) is 1. The fourth-order valence-electron chi connectivity index (χ4n) is 2.41. The lowest BCUT2D eigenvalue weighted by molar-refractivity contribution is 0.140. The summed E-state index contributed by atoms with van der Waals surface area (Å²) >= 11 is 0. The first-order chi connectivity index (χ1) is 6.38. The number of aliphatic hydroxyl groups excluding tert-OH is 1. The second kappa shape index (κ2) is 6.39. The molecule has 1 fully saturated rings. The van der Waals surface area contributed by atoms with Crippen LogP contribution in [-0.4, -0.2) is 25.3 Å². The van der Waals surface area contributed by atoms with E-state index in [1.807, 2.05) is 7.05 Å². The zero-order chi connectivity index (χ0) is 9.52. The van der Waals surface area contributed by atoms with Gasteiger partial charge in [-0.1, -0.05) is 32.1 Å². The van der Waals surface area contributed by atoms with Crippen LogP contribution in [0.15, 0.2) is 0 Å². The maximum absolute atomic E-state index is 9.28. The van der Waals surface area contributed by atoms with Gasteiger partial charge < -0.3 is 10.4 Å². The largest absolute Gasteiger partial charge is 0.396 e. The van der Waals surface area contributed by atoms with Gasteiger partial charge in [0, 0.05) is 6.61 Å². The van der Waals surface area contributed by atoms with Gasteiger partial charge >= 0.3 is 0 Å². The van der Waals surface area contributed by atoms with E-state index in [1.54, 1.807) is 0 Å². The van der Waals surface area contributed by atoms with Gasteiger partial charge in [0.15, 0.2) is 0 Å². The highest BCUT2D eigenvalue weighted by Gasteiger charge is 2.22. The van der Waals surface area contributed by atoms with Gasteiger partial charge in [-0.05, 0) is 31.8 Å². The van der Waals surface area contributed by atoms with Crippen molar-refractivity contribution in [2.45, 2.75) is 38.5 Å². The third-order valence-corrected chi connectivity index (χ3v) is 3.32. The SMILES string of the molecule is CNCCC(CO)C1CCCCC1. The van der Waals surface area contributed by atoms with Crippen molar-refractivity contribution >= 4 is 0 Å². The Morgan fingerprint density at radius 2 is 2.00 bits per heavy atom. The predicted octanol–water partition coefficient (Wildman–Crippen LogP) is 1.78. The Morgan fingerprint density at radius 3 is 2.54 bits per heavy atom. The van der Waals surface area contributed by atoms with Gasteiger partial charge in [0.2, 0.25) is 0 Å². The van der Waals surface area contributed by atoms with Crippen molar-refractivity contribution in [3.05, 3.63) is 0 Å². The standard InChI is InChI=1S/C11H23NO/c1-12-8-7-11(9-13)10-5-3-2-4-6-10/h10-13H,2-9H2,1H3. The Kier molecular flexibility index (Phi) is 5.40. The Balaban J connectivity index is 2.26. The monoisotopic (exact) mass is 185 g/mol. The first-order valence-electron chi connectivity index (χ1n) is 5.64. The zero-order valence-corrected chi connectivity index (χ0v) is 8.76. The molecule has 1 aliphatic carbocycles. The molecule has 0 heterocycles. The molecule has 2 heteroatoms. The van der Waals surface area contributed by atoms with E-state index in [9.17, 15) is 5.11 Å². The average Bonchev–Trinajstić information content (AvgIpc) is 2.21. The van der Waals surface area contributed by atoms with Crippen LogP contribution in [0.1, 0.15) is 38.5 Å². The molecule has 0 amide bonds. The van der Waals surface area contributed by atoms with Crippen LogP contribution < -0.4 is 5.32 Å². The van der Waals surface area contributed by atoms with Crippen molar-refractivity contribution in [2.24, 2.45) is 11.8 Å². The summed E-state index contributed by atoms with van der Waals surface area (Å²) in [6.07, 6.45) is 7.98. The second-order valence-corrected chi connectivity index (χ2v) is 4.23. The maximum atomic E-state index is 9.28. The van der Waals surface area contributed by atoms with Crippen molar-refractivity contribution in [2.75, 3.05) is 20.2 Å². The van der Waals surface area contributed by atoms with E-state index >= 15 is 0 Å². The van der Waals surface area contributed by atoms with Crippen LogP contribution in [0.4, 0.5) is 0 Å². The van der Waals surface area contributed by atoms with Crippen molar-refractivity contribution in [1.29, 1.82) is 0 Å². The van der Waals surface area contributed by atoms with Crippen LogP contribution >= 0.6 is 0 Å². The van der Waals surface area contributed by atoms with E-state index in [0.29, 0.717) is 12.5 Å². The zero-order valence-electron chi connectivity index (χ0n) is 8.76. The minimum atomic E-state index is 0.381. The summed E-state index contributed by atoms with van der Waals surface area (Å²) in [5.74, 6) is 1.35. The third-order valence-electron chi connectivity index (χ3n) is 3.32. The van der Waals surface area contributed by atoms with E-state index < -0.39 is 0 Å². The van der Waals surface area contributed by atoms with Crippen molar-refractivity contribution < 1.29 is 5.11 Å². The van der Waals surface area contributed by atoms with Gasteiger partial charge in [0.1, 0.15) is 0 Å². The van der Waals surface area contributed by atoms with Crippen molar-refractivity contribution in [1.82, 2.24) is 5.32 Å². The lowest BCUT2D eigenvalue weighted by Crippen LogP contribution is -2.24. The molecular formula is C11H23NO. The number of rotatable bonds is 5. The lowest BCUT2D eigenvalue weighted by Gasteiger charge is -2.28. The van der Waals surface area contributed by atoms with Crippen LogP contribution in [-0.2, 0) is 0 Å². The van der Waals surface area contributed by atoms with Crippen LogP contribution in [0.25, 0.3) is 0 Å². The smallest absolute Gasteiger partial charge is 0.0462 e. The summed E-state index contributed by atoms with van der Waals surface area (Å²) in [6, 6.07) is 0. The summed E-state index contributed by atoms with van der Waals surface area (Å²) in [5.41, 5.74) is 0. The molecule has 0 saturated heterocycles. The van der Waals surface area contributed by atoms with Gasteiger partial charge in [-0.3, -0.25) is 0 Å². The van der Waals surface area contributed by atoms with Crippen molar-refractivity contribution in [3.8, 4) is 0 Å². The summed E-state index contributed by atoms with van der Waals surface area (Å²) in [6.45, 7) is 1.42. The second-order valence-electron chi connectivity index (χ2n) is 4.23. The summed E-state index contributed by atoms with van der Waals surface area (Å²) in [7, 11) is 1.98. The highest BCUT2D eigenvalue weighted by Crippen LogP contribution is 2.31. The van der Waals surface area contributed by atoms with E-state index in [1.165, 1.54) is 32.1 Å². The highest BCUT2D eigenvalue weighted by atomic mass is 16.3. The topological polar surface area (TPSA) is 32.3 Å². The number of aliphatic hydroxyl groups is 1. The normalized spacial score (nSPS) is 21.7. The van der Waals surface area contributed by atoms with Crippen LogP contribution in [0.5, 0.6) is 0 Å². The first kappa shape index (κ1) is 11.0. The summed E-state index contributed by atoms with van der Waals surface area (Å²) < 4.78 is 0. The molecule has 0 bridgehead atoms. The summed E-state index contributed by atoms with van der Waals surface area (Å²) in [4.78, 5) is 0. The fourth-order valence-corrected chi connectivity index (χ4v) is 2.41. The molecule has 2 N–H and O–H groups in total. The third kappa shape index (κ3) is 3.65. The Labute approximate surface area is 81.7 Å². The number of hydrogen-bond donors (Lipinski definition) is 2. The Bertz CT molecular complexity index is 121. The van der Waals surface area contributed by atoms with Gasteiger partial charge in [-0.25, -0.2) is 0 Å².